The van der Waals surface area contributed by atoms with Crippen molar-refractivity contribution in [3.05, 3.63) is 52.0 Å². The van der Waals surface area contributed by atoms with Gasteiger partial charge in [-0.3, -0.25) is 9.59 Å². The number of hydrogen-bond acceptors (Lipinski definition) is 4. The summed E-state index contributed by atoms with van der Waals surface area (Å²) in [4.78, 5) is 25.0. The first-order chi connectivity index (χ1) is 11.1. The van der Waals surface area contributed by atoms with E-state index in [2.05, 4.69) is 0 Å². The number of aromatic nitrogens is 1. The molecule has 23 heavy (non-hydrogen) atoms. The second-order valence-corrected chi connectivity index (χ2v) is 6.78. The highest BCUT2D eigenvalue weighted by Gasteiger charge is 2.31. The molecule has 1 heterocycles. The summed E-state index contributed by atoms with van der Waals surface area (Å²) in [5.41, 5.74) is 3.76. The third-order valence-corrected chi connectivity index (χ3v) is 5.19. The molecular weight excluding hydrogens is 310 g/mol. The molecule has 4 nitrogen and oxygen atoms in total. The Labute approximate surface area is 139 Å². The van der Waals surface area contributed by atoms with Crippen LogP contribution in [0.25, 0.3) is 0 Å². The van der Waals surface area contributed by atoms with Crippen molar-refractivity contribution in [3.63, 3.8) is 0 Å². The zero-order valence-corrected chi connectivity index (χ0v) is 14.0. The van der Waals surface area contributed by atoms with E-state index in [1.54, 1.807) is 11.3 Å². The highest BCUT2D eigenvalue weighted by Crippen LogP contribution is 2.30. The molecule has 1 aromatic heterocycles. The maximum atomic E-state index is 12.3. The largest absolute Gasteiger partial charge is 0.465 e. The monoisotopic (exact) mass is 330 g/mol. The van der Waals surface area contributed by atoms with E-state index in [1.165, 1.54) is 0 Å². The van der Waals surface area contributed by atoms with Crippen LogP contribution in [0.3, 0.4) is 0 Å². The molecule has 1 saturated carbocycles. The van der Waals surface area contributed by atoms with Crippen molar-refractivity contribution in [1.82, 2.24) is 0 Å². The van der Waals surface area contributed by atoms with Crippen LogP contribution in [0.15, 0.2) is 35.8 Å². The van der Waals surface area contributed by atoms with E-state index in [1.807, 2.05) is 47.3 Å². The van der Waals surface area contributed by atoms with Crippen LogP contribution >= 0.6 is 11.3 Å². The standard InChI is InChI=1S/C18H20NO3S/c1-13-17(9-10-22-18(21)15-7-8-15)23-12-19(13)11-16(20)14-5-3-2-4-6-14/h2-6,12,15H,7-11H2,1H3/q+1. The lowest BCUT2D eigenvalue weighted by atomic mass is 10.1. The van der Waals surface area contributed by atoms with Crippen molar-refractivity contribution in [3.8, 4) is 0 Å². The average molecular weight is 330 g/mol. The predicted molar refractivity (Wildman–Crippen MR) is 87.4 cm³/mol. The Kier molecular flexibility index (Phi) is 4.86. The van der Waals surface area contributed by atoms with Gasteiger partial charge in [0.2, 0.25) is 17.8 Å². The number of esters is 1. The number of rotatable bonds is 7. The van der Waals surface area contributed by atoms with E-state index in [0.717, 1.165) is 29.0 Å². The molecule has 0 unspecified atom stereocenters. The molecule has 1 fully saturated rings. The molecule has 0 amide bonds. The van der Waals surface area contributed by atoms with Gasteiger partial charge in [0, 0.05) is 18.9 Å². The van der Waals surface area contributed by atoms with Gasteiger partial charge in [0.15, 0.2) is 5.69 Å². The number of ether oxygens (including phenoxy) is 1. The van der Waals surface area contributed by atoms with Gasteiger partial charge in [-0.15, -0.1) is 0 Å². The molecule has 0 atom stereocenters. The second-order valence-electron chi connectivity index (χ2n) is 5.84. The molecule has 1 aliphatic carbocycles. The Hall–Kier alpha value is -2.01. The molecule has 0 aliphatic heterocycles. The SMILES string of the molecule is Cc1c(CCOC(=O)C2CC2)sc[n+]1CC(=O)c1ccccc1. The lowest BCUT2D eigenvalue weighted by Gasteiger charge is -2.02. The quantitative estimate of drug-likeness (QED) is 0.445. The Morgan fingerprint density at radius 1 is 1.26 bits per heavy atom. The Balaban J connectivity index is 1.56. The molecule has 0 bridgehead atoms. The van der Waals surface area contributed by atoms with Crippen molar-refractivity contribution in [2.24, 2.45) is 5.92 Å². The summed E-state index contributed by atoms with van der Waals surface area (Å²) in [6.07, 6.45) is 2.65. The first-order valence-corrected chi connectivity index (χ1v) is 8.74. The lowest BCUT2D eigenvalue weighted by Crippen LogP contribution is -2.38. The second kappa shape index (κ2) is 7.04. The lowest BCUT2D eigenvalue weighted by molar-refractivity contribution is -0.684. The van der Waals surface area contributed by atoms with Crippen LogP contribution in [0, 0.1) is 12.8 Å². The molecule has 0 radical (unpaired) electrons. The van der Waals surface area contributed by atoms with Crippen LogP contribution in [0.5, 0.6) is 0 Å². The van der Waals surface area contributed by atoms with Crippen LogP contribution in [-0.2, 0) is 22.5 Å². The predicted octanol–water partition coefficient (Wildman–Crippen LogP) is 2.72. The Morgan fingerprint density at radius 2 is 2.00 bits per heavy atom. The van der Waals surface area contributed by atoms with E-state index in [0.29, 0.717) is 19.6 Å². The summed E-state index contributed by atoms with van der Waals surface area (Å²) >= 11 is 1.61. The zero-order valence-electron chi connectivity index (χ0n) is 13.2. The smallest absolute Gasteiger partial charge is 0.308 e. The van der Waals surface area contributed by atoms with E-state index < -0.39 is 0 Å². The third kappa shape index (κ3) is 4.05. The summed E-state index contributed by atoms with van der Waals surface area (Å²) in [7, 11) is 0. The Bertz CT molecular complexity index is 704. The molecule has 0 saturated heterocycles. The summed E-state index contributed by atoms with van der Waals surface area (Å²) in [6.45, 7) is 2.77. The number of benzene rings is 1. The zero-order chi connectivity index (χ0) is 16.2. The summed E-state index contributed by atoms with van der Waals surface area (Å²) in [6, 6.07) is 9.32. The highest BCUT2D eigenvalue weighted by atomic mass is 32.1. The number of thiazole rings is 1. The van der Waals surface area contributed by atoms with Crippen molar-refractivity contribution in [2.45, 2.75) is 32.7 Å². The fourth-order valence-corrected chi connectivity index (χ4v) is 3.37. The number of hydrogen-bond donors (Lipinski definition) is 0. The Morgan fingerprint density at radius 3 is 2.70 bits per heavy atom. The topological polar surface area (TPSA) is 47.2 Å². The van der Waals surface area contributed by atoms with Crippen molar-refractivity contribution in [1.29, 1.82) is 0 Å². The van der Waals surface area contributed by atoms with Gasteiger partial charge in [0.1, 0.15) is 0 Å². The van der Waals surface area contributed by atoms with Crippen LogP contribution in [0.2, 0.25) is 0 Å². The first kappa shape index (κ1) is 15.9. The van der Waals surface area contributed by atoms with Gasteiger partial charge in [-0.25, -0.2) is 0 Å². The molecule has 120 valence electrons. The third-order valence-electron chi connectivity index (χ3n) is 4.05. The number of Topliss-reactive ketones (excluding diaryl/α,β-unsaturated/α-hetero) is 1. The van der Waals surface area contributed by atoms with E-state index in [-0.39, 0.29) is 17.7 Å². The van der Waals surface area contributed by atoms with E-state index in [9.17, 15) is 9.59 Å². The van der Waals surface area contributed by atoms with Gasteiger partial charge in [0.05, 0.1) is 17.4 Å². The molecule has 5 heteroatoms. The molecule has 1 aromatic carbocycles. The van der Waals surface area contributed by atoms with E-state index in [4.69, 9.17) is 4.74 Å². The minimum absolute atomic E-state index is 0.0636. The number of ketones is 1. The molecule has 3 rings (SSSR count). The molecule has 0 spiro atoms. The average Bonchev–Trinajstić information content (AvgIpc) is 3.36. The number of carbonyl (C=O) groups excluding carboxylic acids is 2. The summed E-state index contributed by atoms with van der Waals surface area (Å²) < 4.78 is 7.25. The van der Waals surface area contributed by atoms with Gasteiger partial charge in [-0.1, -0.05) is 41.7 Å². The van der Waals surface area contributed by atoms with Crippen LogP contribution < -0.4 is 4.57 Å². The normalized spacial score (nSPS) is 13.8. The summed E-state index contributed by atoms with van der Waals surface area (Å²) in [5, 5.41) is 0. The van der Waals surface area contributed by atoms with E-state index >= 15 is 0 Å². The van der Waals surface area contributed by atoms with Gasteiger partial charge < -0.3 is 4.74 Å². The minimum atomic E-state index is -0.0636. The maximum Gasteiger partial charge on any atom is 0.308 e. The number of nitrogens with zero attached hydrogens (tertiary/aromatic N) is 1. The first-order valence-electron chi connectivity index (χ1n) is 7.86. The van der Waals surface area contributed by atoms with Gasteiger partial charge in [0.25, 0.3) is 0 Å². The van der Waals surface area contributed by atoms with Crippen LogP contribution in [-0.4, -0.2) is 18.4 Å². The van der Waals surface area contributed by atoms with Crippen molar-refractivity contribution < 1.29 is 18.9 Å². The molecule has 1 aliphatic rings. The van der Waals surface area contributed by atoms with Gasteiger partial charge >= 0.3 is 5.97 Å². The van der Waals surface area contributed by atoms with Crippen molar-refractivity contribution in [2.75, 3.05) is 6.61 Å². The molecule has 2 aromatic rings. The minimum Gasteiger partial charge on any atom is -0.465 e. The highest BCUT2D eigenvalue weighted by molar-refractivity contribution is 7.09. The number of carbonyl (C=O) groups is 2. The van der Waals surface area contributed by atoms with Gasteiger partial charge in [-0.2, -0.15) is 4.57 Å². The fraction of sp³-hybridized carbons (Fsp3) is 0.389. The van der Waals surface area contributed by atoms with Crippen LogP contribution in [0.1, 0.15) is 33.8 Å². The maximum absolute atomic E-state index is 12.3. The summed E-state index contributed by atoms with van der Waals surface area (Å²) in [5.74, 6) is 0.183. The molecular formula is C18H20NO3S+. The molecule has 0 N–H and O–H groups in total. The van der Waals surface area contributed by atoms with Crippen molar-refractivity contribution >= 4 is 23.1 Å². The van der Waals surface area contributed by atoms with Gasteiger partial charge in [-0.05, 0) is 12.8 Å². The van der Waals surface area contributed by atoms with Crippen LogP contribution in [0.4, 0.5) is 0 Å². The fourth-order valence-electron chi connectivity index (χ4n) is 2.40.